The van der Waals surface area contributed by atoms with Crippen LogP contribution in [-0.4, -0.2) is 31.4 Å². The molecule has 7 nitrogen and oxygen atoms in total. The number of nitriles is 1. The van der Waals surface area contributed by atoms with E-state index in [4.69, 9.17) is 4.74 Å². The Morgan fingerprint density at radius 1 is 1.27 bits per heavy atom. The smallest absolute Gasteiger partial charge is 0.338 e. The number of aromatic nitrogens is 3. The van der Waals surface area contributed by atoms with E-state index in [0.29, 0.717) is 30.1 Å². The van der Waals surface area contributed by atoms with E-state index in [-0.39, 0.29) is 30.1 Å². The van der Waals surface area contributed by atoms with Gasteiger partial charge in [0, 0.05) is 31.4 Å². The highest BCUT2D eigenvalue weighted by molar-refractivity contribution is 5.90. The molecule has 37 heavy (non-hydrogen) atoms. The van der Waals surface area contributed by atoms with Crippen molar-refractivity contribution in [2.45, 2.75) is 95.0 Å². The number of halogens is 1. The van der Waals surface area contributed by atoms with Gasteiger partial charge in [-0.1, -0.05) is 25.0 Å². The number of aliphatic hydroxyl groups is 1. The summed E-state index contributed by atoms with van der Waals surface area (Å²) >= 11 is 0. The number of carbonyl (C=O) groups is 1. The minimum absolute atomic E-state index is 0.0564. The third kappa shape index (κ3) is 5.01. The first-order valence-corrected chi connectivity index (χ1v) is 13.4. The van der Waals surface area contributed by atoms with E-state index in [1.165, 1.54) is 6.07 Å². The van der Waals surface area contributed by atoms with Crippen molar-refractivity contribution in [1.29, 1.82) is 5.26 Å². The maximum absolute atomic E-state index is 14.9. The highest BCUT2D eigenvalue weighted by atomic mass is 19.1. The van der Waals surface area contributed by atoms with Gasteiger partial charge in [-0.25, -0.2) is 14.2 Å². The number of cyclic esters (lactones) is 1. The van der Waals surface area contributed by atoms with Crippen LogP contribution in [0.4, 0.5) is 4.39 Å². The second kappa shape index (κ2) is 9.59. The Morgan fingerprint density at radius 3 is 2.62 bits per heavy atom. The van der Waals surface area contributed by atoms with Gasteiger partial charge in [-0.3, -0.25) is 4.68 Å². The second-order valence-corrected chi connectivity index (χ2v) is 11.5. The van der Waals surface area contributed by atoms with Gasteiger partial charge in [-0.2, -0.15) is 10.4 Å². The van der Waals surface area contributed by atoms with Crippen LogP contribution in [0.15, 0.2) is 29.5 Å². The van der Waals surface area contributed by atoms with Gasteiger partial charge >= 0.3 is 5.97 Å². The molecule has 5 rings (SSSR count). The maximum Gasteiger partial charge on any atom is 0.338 e. The van der Waals surface area contributed by atoms with Crippen LogP contribution >= 0.6 is 0 Å². The number of carbonyl (C=O) groups excluding carboxylic acids is 1. The molecule has 0 amide bonds. The summed E-state index contributed by atoms with van der Waals surface area (Å²) in [6.45, 7) is 3.39. The Hall–Kier alpha value is -3.21. The number of esters is 1. The molecule has 2 heterocycles. The fraction of sp³-hybridized carbons (Fsp3) is 0.586. The van der Waals surface area contributed by atoms with E-state index < -0.39 is 22.8 Å². The molecule has 3 aliphatic rings. The largest absolute Gasteiger partial charge is 0.512 e. The zero-order valence-electron chi connectivity index (χ0n) is 21.9. The van der Waals surface area contributed by atoms with E-state index in [9.17, 15) is 19.6 Å². The van der Waals surface area contributed by atoms with Gasteiger partial charge in [0.2, 0.25) is 0 Å². The Labute approximate surface area is 217 Å². The van der Waals surface area contributed by atoms with Crippen molar-refractivity contribution in [3.63, 3.8) is 0 Å². The van der Waals surface area contributed by atoms with Crippen LogP contribution < -0.4 is 0 Å². The Bertz CT molecular complexity index is 1280. The molecule has 2 saturated carbocycles. The number of hydrogen-bond donors (Lipinski definition) is 1. The summed E-state index contributed by atoms with van der Waals surface area (Å²) in [4.78, 5) is 17.9. The highest BCUT2D eigenvalue weighted by Gasteiger charge is 2.48. The molecule has 196 valence electrons. The first-order chi connectivity index (χ1) is 17.6. The predicted octanol–water partition coefficient (Wildman–Crippen LogP) is 5.50. The Morgan fingerprint density at radius 2 is 2.00 bits per heavy atom. The lowest BCUT2D eigenvalue weighted by molar-refractivity contribution is -0.167. The molecule has 1 N–H and O–H groups in total. The van der Waals surface area contributed by atoms with Crippen molar-refractivity contribution in [3.8, 4) is 6.07 Å². The van der Waals surface area contributed by atoms with E-state index in [0.717, 1.165) is 49.9 Å². The predicted molar refractivity (Wildman–Crippen MR) is 135 cm³/mol. The van der Waals surface area contributed by atoms with E-state index >= 15 is 0 Å². The lowest BCUT2D eigenvalue weighted by Gasteiger charge is -2.41. The highest BCUT2D eigenvalue weighted by Crippen LogP contribution is 2.46. The van der Waals surface area contributed by atoms with Gasteiger partial charge in [0.15, 0.2) is 5.82 Å². The molecule has 1 aromatic carbocycles. The summed E-state index contributed by atoms with van der Waals surface area (Å²) in [7, 11) is 1.86. The van der Waals surface area contributed by atoms with Gasteiger partial charge in [0.25, 0.3) is 0 Å². The molecular weight excluding hydrogens is 471 g/mol. The van der Waals surface area contributed by atoms with Gasteiger partial charge in [0.05, 0.1) is 17.1 Å². The molecule has 1 atom stereocenters. The van der Waals surface area contributed by atoms with Crippen LogP contribution in [0.2, 0.25) is 0 Å². The fourth-order valence-corrected chi connectivity index (χ4v) is 6.01. The first kappa shape index (κ1) is 25.4. The monoisotopic (exact) mass is 506 g/mol. The molecule has 1 aliphatic heterocycles. The summed E-state index contributed by atoms with van der Waals surface area (Å²) in [6, 6.07) is 7.14. The molecule has 0 saturated heterocycles. The second-order valence-electron chi connectivity index (χ2n) is 11.5. The zero-order chi connectivity index (χ0) is 26.4. The normalized spacial score (nSPS) is 22.8. The molecular formula is C29H35FN4O3. The maximum atomic E-state index is 14.9. The summed E-state index contributed by atoms with van der Waals surface area (Å²) in [5.41, 5.74) is -0.356. The lowest BCUT2D eigenvalue weighted by Crippen LogP contribution is -2.46. The fourth-order valence-electron chi connectivity index (χ4n) is 6.01. The molecule has 0 radical (unpaired) electrons. The molecule has 0 spiro atoms. The number of ether oxygens (including phenoxy) is 1. The molecule has 1 aromatic heterocycles. The standard InChI is InChI=1S/C29H35FN4O3/c1-28(2,17-31)22-11-8-18(14-23(22)30)12-13-29(20-6-4-5-7-20)16-24(35)21(27(36)37-29)15-25-32-26(19-9-10-19)34(3)33-25/h8,11,14,19-20,35H,4-7,9-10,12-13,15-16H2,1-3H3. The number of aryl methyl sites for hydroxylation is 2. The van der Waals surface area contributed by atoms with Crippen LogP contribution in [0.5, 0.6) is 0 Å². The van der Waals surface area contributed by atoms with E-state index in [1.54, 1.807) is 24.6 Å². The van der Waals surface area contributed by atoms with Gasteiger partial charge < -0.3 is 9.84 Å². The van der Waals surface area contributed by atoms with Crippen LogP contribution in [0.3, 0.4) is 0 Å². The minimum Gasteiger partial charge on any atom is -0.512 e. The van der Waals surface area contributed by atoms with Crippen LogP contribution in [0.25, 0.3) is 0 Å². The molecule has 1 unspecified atom stereocenters. The molecule has 2 aliphatic carbocycles. The average molecular weight is 507 g/mol. The first-order valence-electron chi connectivity index (χ1n) is 13.4. The molecule has 0 bridgehead atoms. The quantitative estimate of drug-likeness (QED) is 0.475. The number of benzene rings is 1. The third-order valence-corrected chi connectivity index (χ3v) is 8.40. The van der Waals surface area contributed by atoms with Gasteiger partial charge in [-0.15, -0.1) is 0 Å². The molecule has 8 heteroatoms. The summed E-state index contributed by atoms with van der Waals surface area (Å²) in [5.74, 6) is 1.18. The summed E-state index contributed by atoms with van der Waals surface area (Å²) in [6.07, 6.45) is 7.61. The number of rotatable bonds is 8. The average Bonchev–Trinajstić information content (AvgIpc) is 3.39. The third-order valence-electron chi connectivity index (χ3n) is 8.40. The van der Waals surface area contributed by atoms with E-state index in [1.807, 2.05) is 13.1 Å². The van der Waals surface area contributed by atoms with Crippen molar-refractivity contribution >= 4 is 5.97 Å². The van der Waals surface area contributed by atoms with Crippen molar-refractivity contribution in [1.82, 2.24) is 14.8 Å². The lowest BCUT2D eigenvalue weighted by atomic mass is 9.76. The SMILES string of the molecule is Cn1nc(CC2=C(O)CC(CCc3ccc(C(C)(C)C#N)c(F)c3)(C3CCCC3)OC2=O)nc1C1CC1. The minimum atomic E-state index is -0.915. The number of aliphatic hydroxyl groups excluding tert-OH is 1. The number of nitrogens with zero attached hydrogens (tertiary/aromatic N) is 4. The van der Waals surface area contributed by atoms with Crippen LogP contribution in [0, 0.1) is 23.1 Å². The van der Waals surface area contributed by atoms with Crippen molar-refractivity contribution < 1.29 is 19.0 Å². The van der Waals surface area contributed by atoms with Crippen LogP contribution in [-0.2, 0) is 34.8 Å². The van der Waals surface area contributed by atoms with Crippen LogP contribution in [0.1, 0.15) is 93.9 Å². The summed E-state index contributed by atoms with van der Waals surface area (Å²) in [5, 5.41) is 24.9. The number of hydrogen-bond acceptors (Lipinski definition) is 6. The van der Waals surface area contributed by atoms with Gasteiger partial charge in [0.1, 0.15) is 23.0 Å². The molecule has 2 fully saturated rings. The Balaban J connectivity index is 1.36. The van der Waals surface area contributed by atoms with Gasteiger partial charge in [-0.05, 0) is 69.9 Å². The van der Waals surface area contributed by atoms with Crippen molar-refractivity contribution in [2.24, 2.45) is 13.0 Å². The summed E-state index contributed by atoms with van der Waals surface area (Å²) < 4.78 is 22.8. The zero-order valence-corrected chi connectivity index (χ0v) is 21.9. The Kier molecular flexibility index (Phi) is 6.59. The molecule has 2 aromatic rings. The topological polar surface area (TPSA) is 101 Å². The van der Waals surface area contributed by atoms with E-state index in [2.05, 4.69) is 16.2 Å². The van der Waals surface area contributed by atoms with Crippen molar-refractivity contribution in [3.05, 3.63) is 58.1 Å². The van der Waals surface area contributed by atoms with Crippen molar-refractivity contribution in [2.75, 3.05) is 0 Å².